The summed E-state index contributed by atoms with van der Waals surface area (Å²) in [6, 6.07) is 32.9. The van der Waals surface area contributed by atoms with Crippen molar-refractivity contribution in [3.8, 4) is 6.07 Å². The lowest BCUT2D eigenvalue weighted by molar-refractivity contribution is -0.149. The minimum absolute atomic E-state index is 0.144. The van der Waals surface area contributed by atoms with Crippen molar-refractivity contribution in [3.63, 3.8) is 0 Å². The second-order valence-electron chi connectivity index (χ2n) is 9.13. The van der Waals surface area contributed by atoms with Gasteiger partial charge in [0, 0.05) is 0 Å². The van der Waals surface area contributed by atoms with Crippen LogP contribution in [0, 0.1) is 11.3 Å². The Kier molecular flexibility index (Phi) is 7.45. The van der Waals surface area contributed by atoms with Gasteiger partial charge >= 0.3 is 5.97 Å². The van der Waals surface area contributed by atoms with Crippen LogP contribution in [0.2, 0.25) is 0 Å². The Hall–Kier alpha value is -3.42. The van der Waals surface area contributed by atoms with Crippen LogP contribution in [0.15, 0.2) is 91.0 Å². The fraction of sp³-hybridized carbons (Fsp3) is 0.333. The number of nitrogens with zero attached hydrogens (tertiary/aromatic N) is 2. The largest absolute Gasteiger partial charge is 0.468 e. The van der Waals surface area contributed by atoms with E-state index < -0.39 is 10.8 Å². The molecule has 1 aliphatic heterocycles. The number of esters is 1. The molecule has 174 valence electrons. The van der Waals surface area contributed by atoms with E-state index in [4.69, 9.17) is 4.74 Å². The minimum atomic E-state index is -0.669. The van der Waals surface area contributed by atoms with E-state index in [1.807, 2.05) is 66.7 Å². The van der Waals surface area contributed by atoms with Crippen molar-refractivity contribution in [3.05, 3.63) is 108 Å². The first-order valence-electron chi connectivity index (χ1n) is 12.0. The second kappa shape index (κ2) is 10.7. The van der Waals surface area contributed by atoms with Gasteiger partial charge in [0.05, 0.1) is 18.6 Å². The molecule has 34 heavy (non-hydrogen) atoms. The fourth-order valence-corrected chi connectivity index (χ4v) is 5.38. The van der Waals surface area contributed by atoms with Gasteiger partial charge in [-0.2, -0.15) is 5.26 Å². The zero-order chi connectivity index (χ0) is 23.9. The molecule has 0 spiro atoms. The normalized spacial score (nSPS) is 15.9. The molecule has 4 nitrogen and oxygen atoms in total. The van der Waals surface area contributed by atoms with Crippen molar-refractivity contribution in [1.82, 2.24) is 4.90 Å². The molecule has 0 saturated carbocycles. The standard InChI is InChI=1S/C30H32N2O2/c1-34-28(33)29(25-12-5-2-6-13-25)19-22-32(23-20-29)21-11-18-30(24-31,26-14-7-3-8-15-26)27-16-9-4-10-17-27/h2-10,12-17H,11,18-23H2,1H3. The van der Waals surface area contributed by atoms with Gasteiger partial charge in [0.1, 0.15) is 5.41 Å². The third kappa shape index (κ3) is 4.62. The van der Waals surface area contributed by atoms with Crippen molar-refractivity contribution in [2.45, 2.75) is 36.5 Å². The third-order valence-corrected chi connectivity index (χ3v) is 7.36. The Labute approximate surface area is 202 Å². The maximum Gasteiger partial charge on any atom is 0.316 e. The van der Waals surface area contributed by atoms with Gasteiger partial charge in [0.15, 0.2) is 0 Å². The highest BCUT2D eigenvalue weighted by atomic mass is 16.5. The van der Waals surface area contributed by atoms with Crippen LogP contribution in [-0.4, -0.2) is 37.6 Å². The number of nitriles is 1. The molecule has 3 aromatic rings. The van der Waals surface area contributed by atoms with E-state index in [0.717, 1.165) is 62.0 Å². The molecule has 0 atom stereocenters. The molecule has 0 aliphatic carbocycles. The van der Waals surface area contributed by atoms with Crippen LogP contribution >= 0.6 is 0 Å². The summed E-state index contributed by atoms with van der Waals surface area (Å²) < 4.78 is 5.23. The molecule has 0 radical (unpaired) electrons. The zero-order valence-electron chi connectivity index (χ0n) is 19.8. The lowest BCUT2D eigenvalue weighted by Crippen LogP contribution is -2.48. The number of hydrogen-bond acceptors (Lipinski definition) is 4. The topological polar surface area (TPSA) is 53.3 Å². The maximum atomic E-state index is 12.8. The Morgan fingerprint density at radius 2 is 1.41 bits per heavy atom. The first kappa shape index (κ1) is 23.7. The van der Waals surface area contributed by atoms with Gasteiger partial charge in [0.25, 0.3) is 0 Å². The molecule has 4 heteroatoms. The first-order valence-corrected chi connectivity index (χ1v) is 12.0. The molecule has 0 aromatic heterocycles. The first-order chi connectivity index (χ1) is 16.6. The van der Waals surface area contributed by atoms with Gasteiger partial charge in [-0.15, -0.1) is 0 Å². The van der Waals surface area contributed by atoms with Crippen molar-refractivity contribution in [2.75, 3.05) is 26.7 Å². The van der Waals surface area contributed by atoms with Crippen LogP contribution in [0.25, 0.3) is 0 Å². The molecule has 0 unspecified atom stereocenters. The van der Waals surface area contributed by atoms with E-state index >= 15 is 0 Å². The van der Waals surface area contributed by atoms with Crippen LogP contribution < -0.4 is 0 Å². The lowest BCUT2D eigenvalue weighted by Gasteiger charge is -2.40. The Balaban J connectivity index is 1.46. The van der Waals surface area contributed by atoms with Gasteiger partial charge in [0.2, 0.25) is 0 Å². The molecule has 1 saturated heterocycles. The predicted molar refractivity (Wildman–Crippen MR) is 134 cm³/mol. The highest BCUT2D eigenvalue weighted by Gasteiger charge is 2.44. The van der Waals surface area contributed by atoms with Gasteiger partial charge in [-0.05, 0) is 62.0 Å². The van der Waals surface area contributed by atoms with E-state index in [1.165, 1.54) is 7.11 Å². The predicted octanol–water partition coefficient (Wildman–Crippen LogP) is 5.48. The average Bonchev–Trinajstić information content (AvgIpc) is 2.93. The summed E-state index contributed by atoms with van der Waals surface area (Å²) in [7, 11) is 1.48. The van der Waals surface area contributed by atoms with E-state index in [9.17, 15) is 10.1 Å². The van der Waals surface area contributed by atoms with Gasteiger partial charge < -0.3 is 9.64 Å². The number of carbonyl (C=O) groups excluding carboxylic acids is 1. The van der Waals surface area contributed by atoms with Crippen molar-refractivity contribution in [2.24, 2.45) is 0 Å². The molecule has 3 aromatic carbocycles. The number of carbonyl (C=O) groups is 1. The number of ether oxygens (including phenoxy) is 1. The number of piperidine rings is 1. The van der Waals surface area contributed by atoms with Gasteiger partial charge in [-0.3, -0.25) is 4.79 Å². The summed E-state index contributed by atoms with van der Waals surface area (Å²) in [6.07, 6.45) is 3.12. The quantitative estimate of drug-likeness (QED) is 0.425. The van der Waals surface area contributed by atoms with Gasteiger partial charge in [-0.1, -0.05) is 91.0 Å². The van der Waals surface area contributed by atoms with E-state index in [2.05, 4.69) is 35.2 Å². The number of likely N-dealkylation sites (tertiary alicyclic amines) is 1. The van der Waals surface area contributed by atoms with Crippen LogP contribution in [0.5, 0.6) is 0 Å². The molecule has 1 heterocycles. The van der Waals surface area contributed by atoms with E-state index in [1.54, 1.807) is 0 Å². The molecule has 0 N–H and O–H groups in total. The zero-order valence-corrected chi connectivity index (χ0v) is 19.8. The molecular weight excluding hydrogens is 420 g/mol. The lowest BCUT2D eigenvalue weighted by atomic mass is 9.72. The summed E-state index contributed by atoms with van der Waals surface area (Å²) in [5.41, 5.74) is 1.88. The fourth-order valence-electron chi connectivity index (χ4n) is 5.38. The summed E-state index contributed by atoms with van der Waals surface area (Å²) in [5, 5.41) is 10.4. The number of hydrogen-bond donors (Lipinski definition) is 0. The van der Waals surface area contributed by atoms with Crippen LogP contribution in [-0.2, 0) is 20.4 Å². The van der Waals surface area contributed by atoms with Crippen LogP contribution in [0.3, 0.4) is 0 Å². The third-order valence-electron chi connectivity index (χ3n) is 7.36. The van der Waals surface area contributed by atoms with Gasteiger partial charge in [-0.25, -0.2) is 0 Å². The van der Waals surface area contributed by atoms with Crippen molar-refractivity contribution in [1.29, 1.82) is 5.26 Å². The summed E-state index contributed by atoms with van der Waals surface area (Å²) in [4.78, 5) is 15.2. The van der Waals surface area contributed by atoms with Crippen molar-refractivity contribution >= 4 is 5.97 Å². The van der Waals surface area contributed by atoms with Crippen LogP contribution in [0.4, 0.5) is 0 Å². The monoisotopic (exact) mass is 452 g/mol. The van der Waals surface area contributed by atoms with E-state index in [0.29, 0.717) is 0 Å². The maximum absolute atomic E-state index is 12.8. The molecule has 0 amide bonds. The van der Waals surface area contributed by atoms with Crippen molar-refractivity contribution < 1.29 is 9.53 Å². The summed E-state index contributed by atoms with van der Waals surface area (Å²) in [5.74, 6) is -0.144. The Morgan fingerprint density at radius 1 is 0.912 bits per heavy atom. The molecule has 0 bridgehead atoms. The smallest absolute Gasteiger partial charge is 0.316 e. The molecule has 1 fully saturated rings. The number of rotatable bonds is 8. The molecular formula is C30H32N2O2. The number of benzene rings is 3. The Morgan fingerprint density at radius 3 is 1.88 bits per heavy atom. The number of methoxy groups -OCH3 is 1. The highest BCUT2D eigenvalue weighted by Crippen LogP contribution is 2.38. The SMILES string of the molecule is COC(=O)C1(c2ccccc2)CCN(CCCC(C#N)(c2ccccc2)c2ccccc2)CC1. The van der Waals surface area contributed by atoms with E-state index in [-0.39, 0.29) is 5.97 Å². The average molecular weight is 453 g/mol. The minimum Gasteiger partial charge on any atom is -0.468 e. The summed E-state index contributed by atoms with van der Waals surface area (Å²) in [6.45, 7) is 2.57. The Bertz CT molecular complexity index is 1060. The summed E-state index contributed by atoms with van der Waals surface area (Å²) >= 11 is 0. The second-order valence-corrected chi connectivity index (χ2v) is 9.13. The highest BCUT2D eigenvalue weighted by molar-refractivity contribution is 5.83. The molecule has 4 rings (SSSR count). The molecule has 1 aliphatic rings. The van der Waals surface area contributed by atoms with Crippen LogP contribution in [0.1, 0.15) is 42.4 Å².